The molecule has 1 aliphatic heterocycles. The molecule has 3 heterocycles. The molecule has 272 valence electrons. The van der Waals surface area contributed by atoms with Crippen molar-refractivity contribution < 1.29 is 29.0 Å². The molecule has 4 aromatic rings. The van der Waals surface area contributed by atoms with E-state index in [2.05, 4.69) is 30.9 Å². The lowest BCUT2D eigenvalue weighted by Crippen LogP contribution is -2.63. The summed E-state index contributed by atoms with van der Waals surface area (Å²) in [5.74, 6) is -1.07. The highest BCUT2D eigenvalue weighted by molar-refractivity contribution is 7.13. The third kappa shape index (κ3) is 11.5. The third-order valence-corrected chi connectivity index (χ3v) is 10.0. The van der Waals surface area contributed by atoms with E-state index < -0.39 is 42.2 Å². The molecule has 0 bridgehead atoms. The molecule has 1 unspecified atom stereocenters. The van der Waals surface area contributed by atoms with Gasteiger partial charge in [-0.1, -0.05) is 74.5 Å². The van der Waals surface area contributed by atoms with Crippen molar-refractivity contribution in [2.24, 2.45) is 5.92 Å². The minimum Gasteiger partial charge on any atom is -0.443 e. The first-order chi connectivity index (χ1) is 24.8. The molecular formula is C36H45N7O6S2. The van der Waals surface area contributed by atoms with Crippen molar-refractivity contribution in [1.29, 1.82) is 0 Å². The highest BCUT2D eigenvalue weighted by Gasteiger charge is 2.38. The number of aliphatic hydroxyl groups is 1. The fraction of sp³-hybridized carbons (Fsp3) is 0.417. The van der Waals surface area contributed by atoms with Crippen molar-refractivity contribution in [1.82, 2.24) is 31.0 Å². The summed E-state index contributed by atoms with van der Waals surface area (Å²) in [5, 5.41) is 21.5. The van der Waals surface area contributed by atoms with Gasteiger partial charge < -0.3 is 30.1 Å². The number of benzene rings is 2. The largest absolute Gasteiger partial charge is 0.443 e. The van der Waals surface area contributed by atoms with Crippen molar-refractivity contribution in [3.8, 4) is 0 Å². The Hall–Kier alpha value is -4.57. The molecule has 3 amide bonds. The van der Waals surface area contributed by atoms with Gasteiger partial charge in [-0.2, -0.15) is 0 Å². The van der Waals surface area contributed by atoms with Gasteiger partial charge >= 0.3 is 12.2 Å². The molecule has 0 radical (unpaired) electrons. The zero-order chi connectivity index (χ0) is 36.0. The second kappa shape index (κ2) is 19.2. The molecule has 51 heavy (non-hydrogen) atoms. The number of hydrogen-bond acceptors (Lipinski definition) is 12. The summed E-state index contributed by atoms with van der Waals surface area (Å²) in [5.41, 5.74) is 6.69. The number of anilines is 1. The Morgan fingerprint density at radius 1 is 0.941 bits per heavy atom. The van der Waals surface area contributed by atoms with Gasteiger partial charge in [0.15, 0.2) is 5.13 Å². The number of hydrogen-bond donors (Lipinski definition) is 4. The first kappa shape index (κ1) is 37.7. The van der Waals surface area contributed by atoms with Gasteiger partial charge in [0.05, 0.1) is 28.2 Å². The van der Waals surface area contributed by atoms with E-state index in [1.807, 2.05) is 66.0 Å². The molecular weight excluding hydrogens is 691 g/mol. The van der Waals surface area contributed by atoms with Crippen molar-refractivity contribution in [3.05, 3.63) is 99.4 Å². The maximum atomic E-state index is 14.5. The molecule has 13 nitrogen and oxygen atoms in total. The zero-order valence-corrected chi connectivity index (χ0v) is 30.4. The minimum atomic E-state index is -1.14. The Labute approximate surface area is 306 Å². The predicted molar refractivity (Wildman–Crippen MR) is 196 cm³/mol. The number of aliphatic hydroxyl groups excluding tert-OH is 1. The van der Waals surface area contributed by atoms with Crippen molar-refractivity contribution in [2.45, 2.75) is 71.1 Å². The van der Waals surface area contributed by atoms with Crippen LogP contribution in [0.1, 0.15) is 48.4 Å². The molecule has 1 fully saturated rings. The Kier molecular flexibility index (Phi) is 14.1. The van der Waals surface area contributed by atoms with E-state index in [1.54, 1.807) is 25.6 Å². The van der Waals surface area contributed by atoms with Gasteiger partial charge in [0.25, 0.3) is 5.91 Å². The number of nitrogens with one attached hydrogen (secondary N) is 3. The maximum Gasteiger partial charge on any atom is 0.426 e. The highest BCUT2D eigenvalue weighted by atomic mass is 32.1. The first-order valence-electron chi connectivity index (χ1n) is 17.0. The number of amides is 3. The number of alkyl carbamates (subject to hydrolysis) is 1. The van der Waals surface area contributed by atoms with Gasteiger partial charge in [0.2, 0.25) is 0 Å². The number of nitrogens with zero attached hydrogens (tertiary/aromatic N) is 4. The van der Waals surface area contributed by atoms with E-state index >= 15 is 0 Å². The topological polar surface area (TPSA) is 158 Å². The van der Waals surface area contributed by atoms with Crippen molar-refractivity contribution in [2.75, 3.05) is 24.5 Å². The summed E-state index contributed by atoms with van der Waals surface area (Å²) >= 11 is 2.83. The summed E-state index contributed by atoms with van der Waals surface area (Å²) in [6.07, 6.45) is 1.17. The highest BCUT2D eigenvalue weighted by Crippen LogP contribution is 2.25. The van der Waals surface area contributed by atoms with Crippen LogP contribution in [0.4, 0.5) is 14.7 Å². The van der Waals surface area contributed by atoms with Crippen LogP contribution in [-0.2, 0) is 40.4 Å². The molecule has 3 atom stereocenters. The maximum absolute atomic E-state index is 14.5. The molecule has 0 saturated carbocycles. The number of hydrazine groups is 1. The molecule has 2 aromatic heterocycles. The fourth-order valence-electron chi connectivity index (χ4n) is 5.62. The molecule has 15 heteroatoms. The normalized spacial score (nSPS) is 14.5. The summed E-state index contributed by atoms with van der Waals surface area (Å²) in [7, 11) is 0. The number of ether oxygens (including phenoxy) is 2. The lowest BCUT2D eigenvalue weighted by Gasteiger charge is -2.37. The average Bonchev–Trinajstić information content (AvgIpc) is 3.95. The second-order valence-electron chi connectivity index (χ2n) is 12.6. The van der Waals surface area contributed by atoms with Crippen LogP contribution in [0, 0.1) is 5.92 Å². The molecule has 1 aliphatic rings. The van der Waals surface area contributed by atoms with E-state index in [4.69, 9.17) is 9.47 Å². The Bertz CT molecular complexity index is 1650. The summed E-state index contributed by atoms with van der Waals surface area (Å²) in [4.78, 5) is 52.4. The molecule has 2 aromatic carbocycles. The van der Waals surface area contributed by atoms with Crippen molar-refractivity contribution >= 4 is 45.9 Å². The van der Waals surface area contributed by atoms with Crippen LogP contribution in [-0.4, -0.2) is 76.0 Å². The monoisotopic (exact) mass is 735 g/mol. The third-order valence-electron chi connectivity index (χ3n) is 8.34. The van der Waals surface area contributed by atoms with E-state index in [0.717, 1.165) is 47.2 Å². The Morgan fingerprint density at radius 2 is 1.63 bits per heavy atom. The number of carbonyl (C=O) groups excluding carboxylic acids is 3. The summed E-state index contributed by atoms with van der Waals surface area (Å²) in [6, 6.07) is 17.0. The SMILES string of the molecule is CC(C)C(NC(=O)OCc1csc(N2CCCC2)n1)C(=O)N(NC(=O)OCc1cncs1)[C@@H](Cc1ccccc1)[C@@H](O)CNCc1ccccc1. The van der Waals surface area contributed by atoms with E-state index in [0.29, 0.717) is 17.1 Å². The lowest BCUT2D eigenvalue weighted by atomic mass is 9.97. The van der Waals surface area contributed by atoms with Crippen LogP contribution in [0.5, 0.6) is 0 Å². The molecule has 5 rings (SSSR count). The van der Waals surface area contributed by atoms with Crippen molar-refractivity contribution in [3.63, 3.8) is 0 Å². The fourth-order valence-corrected chi connectivity index (χ4v) is 6.99. The van der Waals surface area contributed by atoms with Gasteiger partial charge in [0.1, 0.15) is 19.3 Å². The molecule has 0 aliphatic carbocycles. The Morgan fingerprint density at radius 3 is 2.29 bits per heavy atom. The van der Waals surface area contributed by atoms with Gasteiger partial charge in [-0.05, 0) is 36.3 Å². The number of aromatic nitrogens is 2. The van der Waals surface area contributed by atoms with E-state index in [9.17, 15) is 19.5 Å². The van der Waals surface area contributed by atoms with Gasteiger partial charge in [-0.15, -0.1) is 22.7 Å². The van der Waals surface area contributed by atoms with Crippen LogP contribution < -0.4 is 21.0 Å². The van der Waals surface area contributed by atoms with Crippen LogP contribution in [0.25, 0.3) is 0 Å². The van der Waals surface area contributed by atoms with Gasteiger partial charge in [0, 0.05) is 37.8 Å². The van der Waals surface area contributed by atoms with Gasteiger partial charge in [-0.3, -0.25) is 9.78 Å². The van der Waals surface area contributed by atoms with Crippen LogP contribution in [0.3, 0.4) is 0 Å². The summed E-state index contributed by atoms with van der Waals surface area (Å²) in [6.45, 7) is 5.92. The molecule has 1 saturated heterocycles. The number of carbonyl (C=O) groups is 3. The lowest BCUT2D eigenvalue weighted by molar-refractivity contribution is -0.143. The standard InChI is InChI=1S/C36H45N7O6S2/c1-25(2)32(40-35(46)48-21-28-23-50-34(39-28)42-15-9-10-16-42)33(45)43(41-36(47)49-22-29-19-38-24-51-29)30(17-26-11-5-3-6-12-26)31(44)20-37-18-27-13-7-4-8-14-27/h3-8,11-14,19,23-25,30-32,37,44H,9-10,15-18,20-22H2,1-2H3,(H,40,46)(H,41,47)/t30-,31-,32?/m0/s1. The molecule has 4 N–H and O–H groups in total. The first-order valence-corrected chi connectivity index (χ1v) is 18.8. The number of thiazole rings is 2. The zero-order valence-electron chi connectivity index (χ0n) is 28.8. The predicted octanol–water partition coefficient (Wildman–Crippen LogP) is 4.88. The Balaban J connectivity index is 1.33. The number of rotatable bonds is 16. The van der Waals surface area contributed by atoms with E-state index in [-0.39, 0.29) is 26.2 Å². The quantitative estimate of drug-likeness (QED) is 0.117. The van der Waals surface area contributed by atoms with Gasteiger partial charge in [-0.25, -0.2) is 25.0 Å². The minimum absolute atomic E-state index is 0.0582. The summed E-state index contributed by atoms with van der Waals surface area (Å²) < 4.78 is 10.9. The second-order valence-corrected chi connectivity index (χ2v) is 14.4. The molecule has 0 spiro atoms. The average molecular weight is 736 g/mol. The van der Waals surface area contributed by atoms with Crippen LogP contribution >= 0.6 is 22.7 Å². The van der Waals surface area contributed by atoms with Crippen LogP contribution in [0.2, 0.25) is 0 Å². The van der Waals surface area contributed by atoms with Crippen LogP contribution in [0.15, 0.2) is 77.8 Å². The smallest absolute Gasteiger partial charge is 0.426 e. The van der Waals surface area contributed by atoms with E-state index in [1.165, 1.54) is 22.7 Å².